The van der Waals surface area contributed by atoms with Gasteiger partial charge in [-0.25, -0.2) is 0 Å². The Kier molecular flexibility index (Phi) is 5.57. The second-order valence-electron chi connectivity index (χ2n) is 12.3. The van der Waals surface area contributed by atoms with Crippen LogP contribution < -0.4 is 0 Å². The van der Waals surface area contributed by atoms with E-state index in [1.165, 1.54) is 77.0 Å². The lowest BCUT2D eigenvalue weighted by molar-refractivity contribution is 1.13. The van der Waals surface area contributed by atoms with Gasteiger partial charge in [0.2, 0.25) is 0 Å². The molecular formula is C44H29N3. The highest BCUT2D eigenvalue weighted by atomic mass is 15.0. The van der Waals surface area contributed by atoms with Crippen molar-refractivity contribution in [2.75, 3.05) is 0 Å². The number of hydrogen-bond donors (Lipinski definition) is 0. The van der Waals surface area contributed by atoms with Crippen LogP contribution in [-0.2, 0) is 0 Å². The SMILES string of the molecule is c1ccc(-n2c3ccccc3c3cc(-c4ccc5c(ccn5-c5ccc6c(c5)c5ccccc5n6-c5ccccc5)c4)ccc32)cc1. The molecule has 0 fully saturated rings. The minimum atomic E-state index is 1.16. The minimum Gasteiger partial charge on any atom is -0.317 e. The molecule has 220 valence electrons. The summed E-state index contributed by atoms with van der Waals surface area (Å²) in [6.45, 7) is 0. The fourth-order valence-electron chi connectivity index (χ4n) is 7.52. The number of fused-ring (bicyclic) bond motifs is 7. The molecular weight excluding hydrogens is 571 g/mol. The summed E-state index contributed by atoms with van der Waals surface area (Å²) in [5, 5.41) is 6.27. The highest BCUT2D eigenvalue weighted by Gasteiger charge is 2.15. The Hall–Kier alpha value is -6.32. The van der Waals surface area contributed by atoms with Gasteiger partial charge in [-0.15, -0.1) is 0 Å². The first-order valence-corrected chi connectivity index (χ1v) is 16.1. The van der Waals surface area contributed by atoms with Gasteiger partial charge in [-0.05, 0) is 96.1 Å². The van der Waals surface area contributed by atoms with Crippen molar-refractivity contribution in [2.45, 2.75) is 0 Å². The molecule has 47 heavy (non-hydrogen) atoms. The fraction of sp³-hybridized carbons (Fsp3) is 0. The highest BCUT2D eigenvalue weighted by molar-refractivity contribution is 6.11. The third-order valence-electron chi connectivity index (χ3n) is 9.66. The Morgan fingerprint density at radius 1 is 0.298 bits per heavy atom. The number of rotatable bonds is 4. The molecule has 7 aromatic carbocycles. The molecule has 0 N–H and O–H groups in total. The Morgan fingerprint density at radius 2 is 0.787 bits per heavy atom. The molecule has 3 aromatic heterocycles. The summed E-state index contributed by atoms with van der Waals surface area (Å²) in [4.78, 5) is 0. The molecule has 3 nitrogen and oxygen atoms in total. The Morgan fingerprint density at radius 3 is 1.43 bits per heavy atom. The van der Waals surface area contributed by atoms with Crippen molar-refractivity contribution in [2.24, 2.45) is 0 Å². The smallest absolute Gasteiger partial charge is 0.0542 e. The van der Waals surface area contributed by atoms with Crippen molar-refractivity contribution in [3.8, 4) is 28.2 Å². The van der Waals surface area contributed by atoms with Gasteiger partial charge < -0.3 is 13.7 Å². The molecule has 3 heterocycles. The number of aromatic nitrogens is 3. The number of para-hydroxylation sites is 4. The highest BCUT2D eigenvalue weighted by Crippen LogP contribution is 2.37. The zero-order valence-corrected chi connectivity index (χ0v) is 25.6. The summed E-state index contributed by atoms with van der Waals surface area (Å²) in [5.41, 5.74) is 12.0. The van der Waals surface area contributed by atoms with E-state index in [1.807, 2.05) is 0 Å². The van der Waals surface area contributed by atoms with Crippen molar-refractivity contribution >= 4 is 54.5 Å². The van der Waals surface area contributed by atoms with E-state index < -0.39 is 0 Å². The van der Waals surface area contributed by atoms with Gasteiger partial charge in [-0.2, -0.15) is 0 Å². The third kappa shape index (κ3) is 3.93. The molecule has 0 radical (unpaired) electrons. The molecule has 10 rings (SSSR count). The largest absolute Gasteiger partial charge is 0.317 e. The predicted octanol–water partition coefficient (Wildman–Crippen LogP) is 11.5. The van der Waals surface area contributed by atoms with E-state index in [4.69, 9.17) is 0 Å². The molecule has 0 bridgehead atoms. The summed E-state index contributed by atoms with van der Waals surface area (Å²) < 4.78 is 7.04. The Bertz CT molecular complexity index is 2780. The van der Waals surface area contributed by atoms with Crippen LogP contribution in [0.5, 0.6) is 0 Å². The van der Waals surface area contributed by atoms with Gasteiger partial charge in [0.05, 0.1) is 27.6 Å². The van der Waals surface area contributed by atoms with E-state index in [0.717, 1.165) is 5.69 Å². The van der Waals surface area contributed by atoms with Crippen LogP contribution in [0.1, 0.15) is 0 Å². The van der Waals surface area contributed by atoms with Crippen molar-refractivity contribution in [3.05, 3.63) is 176 Å². The maximum absolute atomic E-state index is 2.37. The molecule has 0 aliphatic carbocycles. The van der Waals surface area contributed by atoms with Crippen LogP contribution >= 0.6 is 0 Å². The van der Waals surface area contributed by atoms with E-state index in [9.17, 15) is 0 Å². The van der Waals surface area contributed by atoms with Crippen LogP contribution in [0.15, 0.2) is 176 Å². The summed E-state index contributed by atoms with van der Waals surface area (Å²) in [6, 6.07) is 61.5. The monoisotopic (exact) mass is 599 g/mol. The zero-order valence-electron chi connectivity index (χ0n) is 25.6. The number of nitrogens with zero attached hydrogens (tertiary/aromatic N) is 3. The van der Waals surface area contributed by atoms with E-state index in [0.29, 0.717) is 0 Å². The third-order valence-corrected chi connectivity index (χ3v) is 9.66. The van der Waals surface area contributed by atoms with Gasteiger partial charge in [-0.3, -0.25) is 0 Å². The lowest BCUT2D eigenvalue weighted by Crippen LogP contribution is -1.94. The standard InChI is InChI=1S/C44H29N3/c1-3-11-33(12-4-1)46-41-17-9-7-15-36(41)38-28-31(20-23-43(38)46)30-19-22-40-32(27-30)25-26-45(40)35-21-24-44-39(29-35)37-16-8-10-18-42(37)47(44)34-13-5-2-6-14-34/h1-29H. The molecule has 0 spiro atoms. The molecule has 0 saturated heterocycles. The normalized spacial score (nSPS) is 11.8. The average molecular weight is 600 g/mol. The molecule has 0 aliphatic rings. The van der Waals surface area contributed by atoms with Gasteiger partial charge in [0.1, 0.15) is 0 Å². The fourth-order valence-corrected chi connectivity index (χ4v) is 7.52. The molecule has 3 heteroatoms. The van der Waals surface area contributed by atoms with E-state index >= 15 is 0 Å². The predicted molar refractivity (Wildman–Crippen MR) is 197 cm³/mol. The van der Waals surface area contributed by atoms with Crippen molar-refractivity contribution < 1.29 is 0 Å². The first-order chi connectivity index (χ1) is 23.3. The van der Waals surface area contributed by atoms with Crippen LogP contribution in [0.2, 0.25) is 0 Å². The van der Waals surface area contributed by atoms with Crippen molar-refractivity contribution in [1.29, 1.82) is 0 Å². The van der Waals surface area contributed by atoms with Crippen LogP contribution in [0.4, 0.5) is 0 Å². The second kappa shape index (κ2) is 10.1. The van der Waals surface area contributed by atoms with E-state index in [2.05, 4.69) is 190 Å². The average Bonchev–Trinajstić information content (AvgIpc) is 3.82. The Balaban J connectivity index is 1.08. The van der Waals surface area contributed by atoms with Crippen LogP contribution in [0.25, 0.3) is 82.7 Å². The van der Waals surface area contributed by atoms with Crippen molar-refractivity contribution in [1.82, 2.24) is 13.7 Å². The van der Waals surface area contributed by atoms with Crippen molar-refractivity contribution in [3.63, 3.8) is 0 Å². The van der Waals surface area contributed by atoms with Crippen LogP contribution in [-0.4, -0.2) is 13.7 Å². The van der Waals surface area contributed by atoms with Gasteiger partial charge >= 0.3 is 0 Å². The van der Waals surface area contributed by atoms with Gasteiger partial charge in [0.25, 0.3) is 0 Å². The molecule has 0 atom stereocenters. The summed E-state index contributed by atoms with van der Waals surface area (Å²) in [7, 11) is 0. The van der Waals surface area contributed by atoms with Gasteiger partial charge in [-0.1, -0.05) is 84.9 Å². The van der Waals surface area contributed by atoms with Gasteiger partial charge in [0, 0.05) is 50.2 Å². The summed E-state index contributed by atoms with van der Waals surface area (Å²) in [5.74, 6) is 0. The molecule has 0 unspecified atom stereocenters. The maximum Gasteiger partial charge on any atom is 0.0542 e. The molecule has 0 aliphatic heterocycles. The lowest BCUT2D eigenvalue weighted by atomic mass is 10.0. The number of benzene rings is 7. The van der Waals surface area contributed by atoms with Crippen LogP contribution in [0, 0.1) is 0 Å². The van der Waals surface area contributed by atoms with Gasteiger partial charge in [0.15, 0.2) is 0 Å². The molecule has 0 saturated carbocycles. The topological polar surface area (TPSA) is 14.8 Å². The second-order valence-corrected chi connectivity index (χ2v) is 12.3. The maximum atomic E-state index is 2.37. The quantitative estimate of drug-likeness (QED) is 0.191. The first kappa shape index (κ1) is 26.0. The summed E-state index contributed by atoms with van der Waals surface area (Å²) in [6.07, 6.45) is 2.20. The first-order valence-electron chi connectivity index (χ1n) is 16.1. The lowest BCUT2D eigenvalue weighted by Gasteiger charge is -2.10. The molecule has 0 amide bonds. The van der Waals surface area contributed by atoms with Crippen LogP contribution in [0.3, 0.4) is 0 Å². The minimum absolute atomic E-state index is 1.16. The Labute approximate surface area is 271 Å². The molecule has 10 aromatic rings. The van der Waals surface area contributed by atoms with E-state index in [-0.39, 0.29) is 0 Å². The summed E-state index contributed by atoms with van der Waals surface area (Å²) >= 11 is 0. The number of hydrogen-bond acceptors (Lipinski definition) is 0. The zero-order chi connectivity index (χ0) is 30.9. The van der Waals surface area contributed by atoms with E-state index in [1.54, 1.807) is 0 Å².